The highest BCUT2D eigenvalue weighted by atomic mass is 32.1. The van der Waals surface area contributed by atoms with E-state index in [0.717, 1.165) is 24.8 Å². The van der Waals surface area contributed by atoms with Crippen LogP contribution >= 0.6 is 11.3 Å². The van der Waals surface area contributed by atoms with Gasteiger partial charge in [0.25, 0.3) is 5.91 Å². The van der Waals surface area contributed by atoms with Crippen LogP contribution < -0.4 is 5.32 Å². The molecule has 0 saturated heterocycles. The summed E-state index contributed by atoms with van der Waals surface area (Å²) in [6.45, 7) is 9.12. The van der Waals surface area contributed by atoms with Crippen molar-refractivity contribution in [2.45, 2.75) is 59.4 Å². The number of rotatable bonds is 8. The number of nitrogens with zero attached hydrogens (tertiary/aromatic N) is 1. The van der Waals surface area contributed by atoms with Gasteiger partial charge in [-0.3, -0.25) is 4.79 Å². The third kappa shape index (κ3) is 5.07. The van der Waals surface area contributed by atoms with Crippen molar-refractivity contribution in [1.82, 2.24) is 5.32 Å². The topological polar surface area (TPSA) is 79.2 Å². The van der Waals surface area contributed by atoms with Gasteiger partial charge in [0.05, 0.1) is 6.07 Å². The fourth-order valence-electron chi connectivity index (χ4n) is 2.13. The average Bonchev–Trinajstić information content (AvgIpc) is 2.95. The third-order valence-electron chi connectivity index (χ3n) is 4.08. The van der Waals surface area contributed by atoms with Gasteiger partial charge in [0, 0.05) is 4.88 Å². The number of amides is 1. The van der Waals surface area contributed by atoms with E-state index in [-0.39, 0.29) is 12.5 Å². The minimum Gasteiger partial charge on any atom is -0.451 e. The Kier molecular flexibility index (Phi) is 7.43. The van der Waals surface area contributed by atoms with E-state index in [2.05, 4.69) is 25.2 Å². The zero-order valence-corrected chi connectivity index (χ0v) is 15.9. The maximum atomic E-state index is 12.1. The van der Waals surface area contributed by atoms with Crippen LogP contribution in [0.25, 0.3) is 0 Å². The molecular formula is C18H26N2O3S. The number of nitrogens with one attached hydrogen (secondary N) is 1. The number of carbonyl (C=O) groups is 2. The third-order valence-corrected chi connectivity index (χ3v) is 5.29. The van der Waals surface area contributed by atoms with Crippen LogP contribution in [0.5, 0.6) is 0 Å². The Hall–Kier alpha value is -1.87. The van der Waals surface area contributed by atoms with Crippen LogP contribution in [0.15, 0.2) is 6.07 Å². The molecule has 0 aliphatic rings. The number of esters is 1. The van der Waals surface area contributed by atoms with E-state index in [1.807, 2.05) is 19.9 Å². The molecule has 1 atom stereocenters. The van der Waals surface area contributed by atoms with Crippen LogP contribution in [0.3, 0.4) is 0 Å². The van der Waals surface area contributed by atoms with Gasteiger partial charge in [-0.05, 0) is 37.3 Å². The Labute approximate surface area is 148 Å². The van der Waals surface area contributed by atoms with Crippen LogP contribution in [-0.2, 0) is 22.4 Å². The van der Waals surface area contributed by atoms with Crippen molar-refractivity contribution in [2.24, 2.45) is 5.92 Å². The highest BCUT2D eigenvalue weighted by Crippen LogP contribution is 2.25. The molecule has 1 N–H and O–H groups in total. The van der Waals surface area contributed by atoms with Gasteiger partial charge in [-0.1, -0.05) is 34.1 Å². The van der Waals surface area contributed by atoms with Gasteiger partial charge in [0.15, 0.2) is 6.61 Å². The largest absolute Gasteiger partial charge is 0.451 e. The smallest absolute Gasteiger partial charge is 0.348 e. The summed E-state index contributed by atoms with van der Waals surface area (Å²) in [4.78, 5) is 25.8. The first-order chi connectivity index (χ1) is 11.3. The number of nitriles is 1. The van der Waals surface area contributed by atoms with E-state index in [1.165, 1.54) is 16.2 Å². The minimum absolute atomic E-state index is 0.0526. The van der Waals surface area contributed by atoms with Crippen molar-refractivity contribution in [3.8, 4) is 6.07 Å². The van der Waals surface area contributed by atoms with Gasteiger partial charge in [0.1, 0.15) is 10.4 Å². The average molecular weight is 350 g/mol. The predicted octanol–water partition coefficient (Wildman–Crippen LogP) is 3.47. The van der Waals surface area contributed by atoms with Gasteiger partial charge in [0.2, 0.25) is 0 Å². The van der Waals surface area contributed by atoms with Crippen LogP contribution in [0.1, 0.15) is 61.2 Å². The summed E-state index contributed by atoms with van der Waals surface area (Å²) < 4.78 is 5.10. The number of carbonyl (C=O) groups excluding carboxylic acids is 2. The monoisotopic (exact) mass is 350 g/mol. The van der Waals surface area contributed by atoms with Crippen molar-refractivity contribution < 1.29 is 14.3 Å². The number of ether oxygens (including phenoxy) is 1. The number of hydrogen-bond acceptors (Lipinski definition) is 5. The van der Waals surface area contributed by atoms with E-state index in [9.17, 15) is 14.9 Å². The molecule has 0 bridgehead atoms. The second-order valence-corrected chi connectivity index (χ2v) is 7.39. The molecule has 0 saturated carbocycles. The molecule has 132 valence electrons. The standard InChI is InChI=1S/C18H26N2O3S/c1-6-8-14-13(7-2)9-15(24-14)17(22)23-10-16(21)20-18(5,11-19)12(3)4/h9,12H,6-8,10H2,1-5H3,(H,20,21)/t18-/m0/s1. The maximum Gasteiger partial charge on any atom is 0.348 e. The van der Waals surface area contributed by atoms with Gasteiger partial charge < -0.3 is 10.1 Å². The fraction of sp³-hybridized carbons (Fsp3) is 0.611. The number of thiophene rings is 1. The van der Waals surface area contributed by atoms with E-state index >= 15 is 0 Å². The summed E-state index contributed by atoms with van der Waals surface area (Å²) in [7, 11) is 0. The summed E-state index contributed by atoms with van der Waals surface area (Å²) in [5.74, 6) is -1.01. The zero-order chi connectivity index (χ0) is 18.3. The van der Waals surface area contributed by atoms with Gasteiger partial charge in [-0.15, -0.1) is 11.3 Å². The molecule has 24 heavy (non-hydrogen) atoms. The second kappa shape index (κ2) is 8.84. The second-order valence-electron chi connectivity index (χ2n) is 6.26. The molecule has 0 aromatic carbocycles. The number of aryl methyl sites for hydroxylation is 2. The van der Waals surface area contributed by atoms with Crippen molar-refractivity contribution >= 4 is 23.2 Å². The van der Waals surface area contributed by atoms with Crippen molar-refractivity contribution in [2.75, 3.05) is 6.61 Å². The first kappa shape index (κ1) is 20.2. The van der Waals surface area contributed by atoms with Crippen LogP contribution in [0, 0.1) is 17.2 Å². The lowest BCUT2D eigenvalue weighted by molar-refractivity contribution is -0.125. The first-order valence-electron chi connectivity index (χ1n) is 8.28. The molecule has 0 radical (unpaired) electrons. The van der Waals surface area contributed by atoms with Crippen molar-refractivity contribution in [1.29, 1.82) is 5.26 Å². The fourth-order valence-corrected chi connectivity index (χ4v) is 3.38. The van der Waals surface area contributed by atoms with E-state index < -0.39 is 17.4 Å². The molecule has 1 heterocycles. The molecule has 1 aromatic rings. The van der Waals surface area contributed by atoms with E-state index in [1.54, 1.807) is 6.92 Å². The van der Waals surface area contributed by atoms with Gasteiger partial charge in [-0.2, -0.15) is 5.26 Å². The van der Waals surface area contributed by atoms with Gasteiger partial charge in [-0.25, -0.2) is 4.79 Å². The Morgan fingerprint density at radius 3 is 2.58 bits per heavy atom. The highest BCUT2D eigenvalue weighted by molar-refractivity contribution is 7.14. The molecule has 0 aliphatic heterocycles. The first-order valence-corrected chi connectivity index (χ1v) is 9.09. The quantitative estimate of drug-likeness (QED) is 0.728. The minimum atomic E-state index is -0.976. The molecule has 0 fully saturated rings. The van der Waals surface area contributed by atoms with E-state index in [4.69, 9.17) is 4.74 Å². The van der Waals surface area contributed by atoms with Crippen LogP contribution in [0.4, 0.5) is 0 Å². The molecule has 0 unspecified atom stereocenters. The Bertz CT molecular complexity index is 631. The molecule has 1 amide bonds. The molecule has 0 aliphatic carbocycles. The lowest BCUT2D eigenvalue weighted by atomic mass is 9.90. The molecule has 1 aromatic heterocycles. The van der Waals surface area contributed by atoms with Crippen LogP contribution in [0.2, 0.25) is 0 Å². The molecular weight excluding hydrogens is 324 g/mol. The summed E-state index contributed by atoms with van der Waals surface area (Å²) in [5, 5.41) is 11.8. The summed E-state index contributed by atoms with van der Waals surface area (Å²) in [6, 6.07) is 3.94. The van der Waals surface area contributed by atoms with Gasteiger partial charge >= 0.3 is 5.97 Å². The lowest BCUT2D eigenvalue weighted by Gasteiger charge is -2.27. The maximum absolute atomic E-state index is 12.1. The predicted molar refractivity (Wildman–Crippen MR) is 95.0 cm³/mol. The normalized spacial score (nSPS) is 13.2. The Morgan fingerprint density at radius 1 is 1.42 bits per heavy atom. The molecule has 1 rings (SSSR count). The molecule has 0 spiro atoms. The highest BCUT2D eigenvalue weighted by Gasteiger charge is 2.30. The van der Waals surface area contributed by atoms with Crippen molar-refractivity contribution in [3.05, 3.63) is 21.4 Å². The Morgan fingerprint density at radius 2 is 2.08 bits per heavy atom. The number of hydrogen-bond donors (Lipinski definition) is 1. The van der Waals surface area contributed by atoms with Crippen molar-refractivity contribution in [3.63, 3.8) is 0 Å². The summed E-state index contributed by atoms with van der Waals surface area (Å²) in [6.07, 6.45) is 2.83. The molecule has 5 nitrogen and oxygen atoms in total. The summed E-state index contributed by atoms with van der Waals surface area (Å²) >= 11 is 1.43. The lowest BCUT2D eigenvalue weighted by Crippen LogP contribution is -2.50. The zero-order valence-electron chi connectivity index (χ0n) is 15.1. The molecule has 6 heteroatoms. The van der Waals surface area contributed by atoms with Crippen LogP contribution in [-0.4, -0.2) is 24.0 Å². The Balaban J connectivity index is 2.66. The van der Waals surface area contributed by atoms with E-state index in [0.29, 0.717) is 4.88 Å². The SMILES string of the molecule is CCCc1sc(C(=O)OCC(=O)N[C@@](C)(C#N)C(C)C)cc1CC. The summed E-state index contributed by atoms with van der Waals surface area (Å²) in [5.41, 5.74) is 0.186.